The summed E-state index contributed by atoms with van der Waals surface area (Å²) in [7, 11) is -1.90. The molecule has 1 fully saturated rings. The van der Waals surface area contributed by atoms with E-state index < -0.39 is 20.9 Å². The number of hydrogen-bond acceptors (Lipinski definition) is 6. The highest BCUT2D eigenvalue weighted by Gasteiger charge is 2.32. The molecule has 0 atom stereocenters. The number of methoxy groups -OCH3 is 1. The lowest BCUT2D eigenvalue weighted by atomic mass is 10.1. The summed E-state index contributed by atoms with van der Waals surface area (Å²) in [6.07, 6.45) is 0.977. The van der Waals surface area contributed by atoms with Gasteiger partial charge in [0.2, 0.25) is 0 Å². The van der Waals surface area contributed by atoms with Crippen molar-refractivity contribution in [2.45, 2.75) is 23.0 Å². The van der Waals surface area contributed by atoms with Gasteiger partial charge in [0.05, 0.1) is 22.9 Å². The second kappa shape index (κ2) is 8.12. The summed E-state index contributed by atoms with van der Waals surface area (Å²) in [5, 5.41) is 2.35. The van der Waals surface area contributed by atoms with Crippen molar-refractivity contribution in [1.82, 2.24) is 4.98 Å². The number of thiazole rings is 1. The summed E-state index contributed by atoms with van der Waals surface area (Å²) in [5.74, 6) is 0.236. The average molecular weight is 433 g/mol. The predicted octanol–water partition coefficient (Wildman–Crippen LogP) is 4.40. The van der Waals surface area contributed by atoms with Crippen molar-refractivity contribution in [2.24, 2.45) is 0 Å². The van der Waals surface area contributed by atoms with E-state index in [0.717, 1.165) is 28.2 Å². The van der Waals surface area contributed by atoms with Gasteiger partial charge >= 0.3 is 0 Å². The highest BCUT2D eigenvalue weighted by Crippen LogP contribution is 2.35. The monoisotopic (exact) mass is 432 g/mol. The Labute approximate surface area is 173 Å². The largest absolute Gasteiger partial charge is 0.496 e. The fourth-order valence-electron chi connectivity index (χ4n) is 3.58. The first kappa shape index (κ1) is 19.8. The number of sulfone groups is 1. The standard InChI is InChI=1S/C21H21FN2O3S2/c1-27-20-8-3-2-7-18(20)19-14-28-21(23-19)24-11-9-16(10-12-24)29(25,26)17-6-4-5-15(22)13-17/h2-8,13-14,16H,9-12H2,1H3. The van der Waals surface area contributed by atoms with Gasteiger partial charge in [0.1, 0.15) is 11.6 Å². The van der Waals surface area contributed by atoms with Crippen molar-refractivity contribution in [1.29, 1.82) is 0 Å². The number of piperidine rings is 1. The van der Waals surface area contributed by atoms with Crippen molar-refractivity contribution in [3.8, 4) is 17.0 Å². The van der Waals surface area contributed by atoms with E-state index >= 15 is 0 Å². The van der Waals surface area contributed by atoms with Crippen LogP contribution in [0.1, 0.15) is 12.8 Å². The summed E-state index contributed by atoms with van der Waals surface area (Å²) in [6.45, 7) is 1.19. The number of halogens is 1. The van der Waals surface area contributed by atoms with Gasteiger partial charge < -0.3 is 9.64 Å². The quantitative estimate of drug-likeness (QED) is 0.598. The molecule has 3 aromatic rings. The molecule has 152 valence electrons. The van der Waals surface area contributed by atoms with E-state index in [9.17, 15) is 12.8 Å². The average Bonchev–Trinajstić information content (AvgIpc) is 3.24. The molecule has 0 spiro atoms. The first-order valence-electron chi connectivity index (χ1n) is 9.32. The van der Waals surface area contributed by atoms with Crippen molar-refractivity contribution in [3.63, 3.8) is 0 Å². The van der Waals surface area contributed by atoms with Crippen LogP contribution in [0.4, 0.5) is 9.52 Å². The summed E-state index contributed by atoms with van der Waals surface area (Å²) >= 11 is 1.54. The summed E-state index contributed by atoms with van der Waals surface area (Å²) in [5.41, 5.74) is 1.78. The number of hydrogen-bond donors (Lipinski definition) is 0. The van der Waals surface area contributed by atoms with Crippen LogP contribution < -0.4 is 9.64 Å². The molecule has 4 rings (SSSR count). The zero-order valence-corrected chi connectivity index (χ0v) is 17.5. The first-order chi connectivity index (χ1) is 14.0. The number of rotatable bonds is 5. The zero-order valence-electron chi connectivity index (χ0n) is 15.9. The SMILES string of the molecule is COc1ccccc1-c1csc(N2CCC(S(=O)(=O)c3cccc(F)c3)CC2)n1. The molecule has 8 heteroatoms. The molecular weight excluding hydrogens is 411 g/mol. The molecule has 1 aromatic heterocycles. The number of anilines is 1. The lowest BCUT2D eigenvalue weighted by Crippen LogP contribution is -2.39. The Balaban J connectivity index is 1.47. The molecule has 0 aliphatic carbocycles. The smallest absolute Gasteiger partial charge is 0.185 e. The van der Waals surface area contributed by atoms with Gasteiger partial charge in [-0.1, -0.05) is 18.2 Å². The van der Waals surface area contributed by atoms with E-state index in [1.54, 1.807) is 7.11 Å². The van der Waals surface area contributed by atoms with Crippen LogP contribution in [0.5, 0.6) is 5.75 Å². The molecule has 2 heterocycles. The third-order valence-corrected chi connectivity index (χ3v) is 8.31. The van der Waals surface area contributed by atoms with Crippen LogP contribution >= 0.6 is 11.3 Å². The van der Waals surface area contributed by atoms with Gasteiger partial charge in [0.25, 0.3) is 0 Å². The van der Waals surface area contributed by atoms with E-state index in [-0.39, 0.29) is 4.90 Å². The maximum absolute atomic E-state index is 13.5. The fraction of sp³-hybridized carbons (Fsp3) is 0.286. The Bertz CT molecular complexity index is 1110. The molecule has 0 bridgehead atoms. The van der Waals surface area contributed by atoms with Crippen LogP contribution in [0.25, 0.3) is 11.3 Å². The highest BCUT2D eigenvalue weighted by molar-refractivity contribution is 7.92. The topological polar surface area (TPSA) is 59.5 Å². The minimum Gasteiger partial charge on any atom is -0.496 e. The Morgan fingerprint density at radius 1 is 1.14 bits per heavy atom. The molecule has 1 saturated heterocycles. The number of nitrogens with zero attached hydrogens (tertiary/aromatic N) is 2. The summed E-state index contributed by atoms with van der Waals surface area (Å²) in [6, 6.07) is 13.0. The van der Waals surface area contributed by atoms with Gasteiger partial charge in [-0.05, 0) is 43.2 Å². The normalized spacial score (nSPS) is 15.4. The third-order valence-electron chi connectivity index (χ3n) is 5.15. The van der Waals surface area contributed by atoms with Gasteiger partial charge in [0, 0.05) is 24.0 Å². The number of benzene rings is 2. The maximum atomic E-state index is 13.5. The van der Waals surface area contributed by atoms with Crippen molar-refractivity contribution in [2.75, 3.05) is 25.1 Å². The van der Waals surface area contributed by atoms with Crippen LogP contribution in [0.2, 0.25) is 0 Å². The minimum atomic E-state index is -3.54. The van der Waals surface area contributed by atoms with E-state index in [1.165, 1.54) is 29.5 Å². The molecule has 0 amide bonds. The van der Waals surface area contributed by atoms with Crippen molar-refractivity contribution >= 4 is 26.3 Å². The Morgan fingerprint density at radius 3 is 2.62 bits per heavy atom. The molecule has 29 heavy (non-hydrogen) atoms. The van der Waals surface area contributed by atoms with Crippen LogP contribution in [0.3, 0.4) is 0 Å². The van der Waals surface area contributed by atoms with Gasteiger partial charge in [-0.2, -0.15) is 0 Å². The van der Waals surface area contributed by atoms with Gasteiger partial charge in [-0.25, -0.2) is 17.8 Å². The van der Waals surface area contributed by atoms with E-state index in [4.69, 9.17) is 9.72 Å². The predicted molar refractivity (Wildman–Crippen MR) is 113 cm³/mol. The Morgan fingerprint density at radius 2 is 1.90 bits per heavy atom. The van der Waals surface area contributed by atoms with Crippen LogP contribution in [-0.2, 0) is 9.84 Å². The molecule has 1 aliphatic rings. The minimum absolute atomic E-state index is 0.0589. The number of ether oxygens (including phenoxy) is 1. The molecule has 1 aliphatic heterocycles. The molecule has 0 radical (unpaired) electrons. The Kier molecular flexibility index (Phi) is 5.56. The number of para-hydroxylation sites is 1. The molecule has 0 N–H and O–H groups in total. The summed E-state index contributed by atoms with van der Waals surface area (Å²) < 4.78 is 44.5. The van der Waals surface area contributed by atoms with Crippen LogP contribution in [-0.4, -0.2) is 38.9 Å². The molecule has 5 nitrogen and oxygen atoms in total. The Hall–Kier alpha value is -2.45. The lowest BCUT2D eigenvalue weighted by Gasteiger charge is -2.31. The van der Waals surface area contributed by atoms with Gasteiger partial charge in [0.15, 0.2) is 15.0 Å². The third kappa shape index (κ3) is 4.00. The van der Waals surface area contributed by atoms with Crippen LogP contribution in [0, 0.1) is 5.82 Å². The van der Waals surface area contributed by atoms with Crippen molar-refractivity contribution in [3.05, 3.63) is 59.7 Å². The van der Waals surface area contributed by atoms with E-state index in [0.29, 0.717) is 25.9 Å². The zero-order chi connectivity index (χ0) is 20.4. The fourth-order valence-corrected chi connectivity index (χ4v) is 6.22. The highest BCUT2D eigenvalue weighted by atomic mass is 32.2. The number of aromatic nitrogens is 1. The first-order valence-corrected chi connectivity index (χ1v) is 11.7. The van der Waals surface area contributed by atoms with E-state index in [1.807, 2.05) is 29.6 Å². The van der Waals surface area contributed by atoms with E-state index in [2.05, 4.69) is 4.90 Å². The second-order valence-electron chi connectivity index (χ2n) is 6.90. The second-order valence-corrected chi connectivity index (χ2v) is 9.97. The molecular formula is C21H21FN2O3S2. The summed E-state index contributed by atoms with van der Waals surface area (Å²) in [4.78, 5) is 6.91. The van der Waals surface area contributed by atoms with Gasteiger partial charge in [-0.15, -0.1) is 11.3 Å². The maximum Gasteiger partial charge on any atom is 0.185 e. The van der Waals surface area contributed by atoms with Gasteiger partial charge in [-0.3, -0.25) is 0 Å². The molecule has 0 unspecified atom stereocenters. The molecule has 0 saturated carbocycles. The lowest BCUT2D eigenvalue weighted by molar-refractivity contribution is 0.416. The van der Waals surface area contributed by atoms with Crippen LogP contribution in [0.15, 0.2) is 58.8 Å². The van der Waals surface area contributed by atoms with Crippen molar-refractivity contribution < 1.29 is 17.5 Å². The molecule has 2 aromatic carbocycles.